The molecule has 8 heteroatoms. The predicted octanol–water partition coefficient (Wildman–Crippen LogP) is 1.96. The number of carbonyl (C=O) groups is 3. The molecule has 0 radical (unpaired) electrons. The summed E-state index contributed by atoms with van der Waals surface area (Å²) in [6.45, 7) is 6.79. The van der Waals surface area contributed by atoms with Crippen LogP contribution in [0.1, 0.15) is 45.6 Å². The lowest BCUT2D eigenvalue weighted by Gasteiger charge is -2.43. The minimum Gasteiger partial charge on any atom is -0.504 e. The summed E-state index contributed by atoms with van der Waals surface area (Å²) in [7, 11) is 0. The summed E-state index contributed by atoms with van der Waals surface area (Å²) in [5.41, 5.74) is -1.34. The maximum atomic E-state index is 12.8. The van der Waals surface area contributed by atoms with Crippen LogP contribution in [0.25, 0.3) is 0 Å². The van der Waals surface area contributed by atoms with Gasteiger partial charge in [0.2, 0.25) is 0 Å². The number of hydrogen-bond donors (Lipinski definition) is 2. The van der Waals surface area contributed by atoms with Crippen LogP contribution in [0, 0.1) is 11.8 Å². The minimum atomic E-state index is -1.72. The van der Waals surface area contributed by atoms with Gasteiger partial charge in [-0.2, -0.15) is 0 Å². The summed E-state index contributed by atoms with van der Waals surface area (Å²) < 4.78 is 15.6. The van der Waals surface area contributed by atoms with Crippen molar-refractivity contribution in [2.24, 2.45) is 11.8 Å². The van der Waals surface area contributed by atoms with Gasteiger partial charge in [0.15, 0.2) is 17.3 Å². The summed E-state index contributed by atoms with van der Waals surface area (Å²) >= 11 is 0. The van der Waals surface area contributed by atoms with Crippen molar-refractivity contribution in [1.29, 1.82) is 0 Å². The normalized spacial score (nSPS) is 26.7. The van der Waals surface area contributed by atoms with Gasteiger partial charge in [0.05, 0.1) is 31.3 Å². The standard InChI is InChI=1S/C21H28O8/c1-5-27-15-10-12(8-9-13(15)22)16-17(19(24)28-6-2)14(23)11-21(4,26)18(16)20(25)29-7-3/h8-10,16-18,22,26H,5-7,11H2,1-4H3/t16-,17+,18+,21+/m1/s1. The number of aromatic hydroxyl groups is 1. The van der Waals surface area contributed by atoms with Crippen LogP contribution in [0.4, 0.5) is 0 Å². The summed E-state index contributed by atoms with van der Waals surface area (Å²) in [6, 6.07) is 4.32. The van der Waals surface area contributed by atoms with Crippen molar-refractivity contribution in [1.82, 2.24) is 0 Å². The Labute approximate surface area is 169 Å². The zero-order valence-corrected chi connectivity index (χ0v) is 17.1. The molecule has 0 spiro atoms. The molecule has 0 aliphatic heterocycles. The molecule has 8 nitrogen and oxygen atoms in total. The third kappa shape index (κ3) is 4.70. The minimum absolute atomic E-state index is 0.0651. The van der Waals surface area contributed by atoms with E-state index in [0.29, 0.717) is 5.56 Å². The largest absolute Gasteiger partial charge is 0.504 e. The number of ketones is 1. The fourth-order valence-corrected chi connectivity index (χ4v) is 3.89. The van der Waals surface area contributed by atoms with Gasteiger partial charge in [0, 0.05) is 12.3 Å². The van der Waals surface area contributed by atoms with E-state index < -0.39 is 41.1 Å². The molecule has 1 aromatic rings. The number of rotatable bonds is 7. The first-order valence-corrected chi connectivity index (χ1v) is 9.71. The molecule has 1 aromatic carbocycles. The van der Waals surface area contributed by atoms with Gasteiger partial charge in [0.25, 0.3) is 0 Å². The van der Waals surface area contributed by atoms with Crippen LogP contribution in [0.5, 0.6) is 11.5 Å². The fourth-order valence-electron chi connectivity index (χ4n) is 3.89. The topological polar surface area (TPSA) is 119 Å². The first-order valence-electron chi connectivity index (χ1n) is 9.71. The lowest BCUT2D eigenvalue weighted by atomic mass is 9.61. The Morgan fingerprint density at radius 1 is 1.10 bits per heavy atom. The van der Waals surface area contributed by atoms with E-state index >= 15 is 0 Å². The molecular formula is C21H28O8. The van der Waals surface area contributed by atoms with Gasteiger partial charge >= 0.3 is 11.9 Å². The van der Waals surface area contributed by atoms with Gasteiger partial charge in [-0.3, -0.25) is 14.4 Å². The lowest BCUT2D eigenvalue weighted by Crippen LogP contribution is -2.55. The molecule has 1 aliphatic carbocycles. The number of phenols is 1. The Hall–Kier alpha value is -2.61. The number of benzene rings is 1. The molecule has 0 aromatic heterocycles. The molecule has 0 unspecified atom stereocenters. The molecule has 4 atom stereocenters. The first-order chi connectivity index (χ1) is 13.7. The van der Waals surface area contributed by atoms with Crippen molar-refractivity contribution < 1.29 is 38.8 Å². The molecule has 1 aliphatic rings. The molecule has 0 heterocycles. The van der Waals surface area contributed by atoms with Gasteiger partial charge in [0.1, 0.15) is 5.92 Å². The van der Waals surface area contributed by atoms with E-state index in [1.54, 1.807) is 20.8 Å². The van der Waals surface area contributed by atoms with Crippen molar-refractivity contribution in [2.45, 2.75) is 45.6 Å². The van der Waals surface area contributed by atoms with Crippen LogP contribution in [-0.2, 0) is 23.9 Å². The van der Waals surface area contributed by atoms with E-state index in [9.17, 15) is 24.6 Å². The number of aliphatic hydroxyl groups is 1. The predicted molar refractivity (Wildman–Crippen MR) is 103 cm³/mol. The highest BCUT2D eigenvalue weighted by molar-refractivity contribution is 6.02. The monoisotopic (exact) mass is 408 g/mol. The summed E-state index contributed by atoms with van der Waals surface area (Å²) in [5.74, 6) is -5.49. The Morgan fingerprint density at radius 3 is 2.31 bits per heavy atom. The molecule has 0 amide bonds. The van der Waals surface area contributed by atoms with Crippen LogP contribution in [0.2, 0.25) is 0 Å². The van der Waals surface area contributed by atoms with Gasteiger partial charge < -0.3 is 24.4 Å². The second-order valence-corrected chi connectivity index (χ2v) is 7.15. The highest BCUT2D eigenvalue weighted by Gasteiger charge is 2.57. The quantitative estimate of drug-likeness (QED) is 0.519. The first kappa shape index (κ1) is 22.7. The zero-order chi connectivity index (χ0) is 21.8. The van der Waals surface area contributed by atoms with Crippen molar-refractivity contribution in [3.05, 3.63) is 23.8 Å². The van der Waals surface area contributed by atoms with Crippen molar-refractivity contribution in [3.63, 3.8) is 0 Å². The molecule has 1 saturated carbocycles. The SMILES string of the molecule is CCOC(=O)[C@H]1C(=O)C[C@](C)(O)[C@H](C(=O)OCC)[C@@H]1c1ccc(O)c(OCC)c1. The number of Topliss-reactive ketones (excluding diaryl/α,β-unsaturated/α-hetero) is 1. The second-order valence-electron chi connectivity index (χ2n) is 7.15. The lowest BCUT2D eigenvalue weighted by molar-refractivity contribution is -0.172. The molecule has 1 fully saturated rings. The van der Waals surface area contributed by atoms with Crippen LogP contribution in [0.15, 0.2) is 18.2 Å². The number of phenolic OH excluding ortho intramolecular Hbond substituents is 1. The van der Waals surface area contributed by atoms with Crippen LogP contribution >= 0.6 is 0 Å². The smallest absolute Gasteiger partial charge is 0.317 e. The maximum Gasteiger partial charge on any atom is 0.317 e. The number of carbonyl (C=O) groups excluding carboxylic acids is 3. The molecule has 0 bridgehead atoms. The van der Waals surface area contributed by atoms with Gasteiger partial charge in [-0.15, -0.1) is 0 Å². The summed E-state index contributed by atoms with van der Waals surface area (Å²) in [6.07, 6.45) is -0.382. The zero-order valence-electron chi connectivity index (χ0n) is 17.1. The van der Waals surface area contributed by atoms with Gasteiger partial charge in [-0.25, -0.2) is 0 Å². The van der Waals surface area contributed by atoms with Crippen LogP contribution in [0.3, 0.4) is 0 Å². The van der Waals surface area contributed by atoms with E-state index in [-0.39, 0.29) is 37.7 Å². The summed E-state index contributed by atoms with van der Waals surface area (Å²) in [4.78, 5) is 38.3. The highest BCUT2D eigenvalue weighted by Crippen LogP contribution is 2.48. The maximum absolute atomic E-state index is 12.8. The molecule has 0 saturated heterocycles. The van der Waals surface area contributed by atoms with E-state index in [1.807, 2.05) is 0 Å². The van der Waals surface area contributed by atoms with Crippen molar-refractivity contribution in [2.75, 3.05) is 19.8 Å². The van der Waals surface area contributed by atoms with Gasteiger partial charge in [-0.1, -0.05) is 6.07 Å². The summed E-state index contributed by atoms with van der Waals surface area (Å²) in [5, 5.41) is 20.9. The van der Waals surface area contributed by atoms with E-state index in [2.05, 4.69) is 0 Å². The molecular weight excluding hydrogens is 380 g/mol. The third-order valence-electron chi connectivity index (χ3n) is 5.02. The molecule has 2 N–H and O–H groups in total. The average molecular weight is 408 g/mol. The van der Waals surface area contributed by atoms with Crippen LogP contribution in [-0.4, -0.2) is 53.4 Å². The van der Waals surface area contributed by atoms with E-state index in [1.165, 1.54) is 25.1 Å². The fraction of sp³-hybridized carbons (Fsp3) is 0.571. The number of ether oxygens (including phenoxy) is 3. The number of hydrogen-bond acceptors (Lipinski definition) is 8. The van der Waals surface area contributed by atoms with Crippen molar-refractivity contribution >= 4 is 17.7 Å². The third-order valence-corrected chi connectivity index (χ3v) is 5.02. The Balaban J connectivity index is 2.66. The van der Waals surface area contributed by atoms with Gasteiger partial charge in [-0.05, 0) is 45.4 Å². The molecule has 29 heavy (non-hydrogen) atoms. The Kier molecular flexibility index (Phi) is 7.24. The van der Waals surface area contributed by atoms with Crippen LogP contribution < -0.4 is 4.74 Å². The molecule has 2 rings (SSSR count). The Morgan fingerprint density at radius 2 is 1.72 bits per heavy atom. The van der Waals surface area contributed by atoms with Crippen molar-refractivity contribution in [3.8, 4) is 11.5 Å². The van der Waals surface area contributed by atoms with E-state index in [0.717, 1.165) is 0 Å². The number of esters is 2. The second kappa shape index (κ2) is 9.26. The Bertz CT molecular complexity index is 770. The molecule has 160 valence electrons. The average Bonchev–Trinajstić information content (AvgIpc) is 2.62. The highest BCUT2D eigenvalue weighted by atomic mass is 16.5. The van der Waals surface area contributed by atoms with E-state index in [4.69, 9.17) is 14.2 Å².